The van der Waals surface area contributed by atoms with Crippen LogP contribution in [0, 0.1) is 12.3 Å². The number of amides is 2. The second kappa shape index (κ2) is 3.92. The first kappa shape index (κ1) is 10.6. The first-order chi connectivity index (χ1) is 7.65. The molecule has 1 aromatic rings. The SMILES string of the molecule is CCN1C(=O)NC(=N)C1c1cnccc1C. The Labute approximate surface area is 94.0 Å². The van der Waals surface area contributed by atoms with Gasteiger partial charge >= 0.3 is 6.03 Å². The second-order valence-electron chi connectivity index (χ2n) is 3.76. The molecule has 1 aliphatic rings. The van der Waals surface area contributed by atoms with Crippen LogP contribution in [0.4, 0.5) is 4.79 Å². The van der Waals surface area contributed by atoms with Gasteiger partial charge in [0.1, 0.15) is 11.9 Å². The monoisotopic (exact) mass is 218 g/mol. The third kappa shape index (κ3) is 1.54. The number of carbonyl (C=O) groups excluding carboxylic acids is 1. The van der Waals surface area contributed by atoms with Crippen LogP contribution in [-0.4, -0.2) is 28.3 Å². The molecule has 0 aromatic carbocycles. The summed E-state index contributed by atoms with van der Waals surface area (Å²) in [7, 11) is 0. The molecule has 1 aliphatic heterocycles. The zero-order valence-electron chi connectivity index (χ0n) is 9.32. The zero-order valence-corrected chi connectivity index (χ0v) is 9.32. The van der Waals surface area contributed by atoms with Gasteiger partial charge in [-0.3, -0.25) is 15.7 Å². The van der Waals surface area contributed by atoms with E-state index in [4.69, 9.17) is 5.41 Å². The normalized spacial score (nSPS) is 20.1. The quantitative estimate of drug-likeness (QED) is 0.788. The van der Waals surface area contributed by atoms with Crippen molar-refractivity contribution in [1.29, 1.82) is 5.41 Å². The number of rotatable bonds is 2. The van der Waals surface area contributed by atoms with E-state index in [9.17, 15) is 4.79 Å². The van der Waals surface area contributed by atoms with Crippen LogP contribution in [0.15, 0.2) is 18.5 Å². The van der Waals surface area contributed by atoms with E-state index in [2.05, 4.69) is 10.3 Å². The minimum absolute atomic E-state index is 0.208. The van der Waals surface area contributed by atoms with Crippen molar-refractivity contribution in [1.82, 2.24) is 15.2 Å². The molecular weight excluding hydrogens is 204 g/mol. The molecule has 0 saturated carbocycles. The fourth-order valence-corrected chi connectivity index (χ4v) is 1.94. The molecule has 84 valence electrons. The molecule has 5 nitrogen and oxygen atoms in total. The number of aromatic nitrogens is 1. The van der Waals surface area contributed by atoms with Crippen LogP contribution in [0.1, 0.15) is 24.1 Å². The molecule has 2 N–H and O–H groups in total. The standard InChI is InChI=1S/C11H14N4O/c1-3-15-9(10(12)14-11(15)16)8-6-13-5-4-7(8)2/h4-6,9H,3H2,1-2H3,(H2,12,14,16). The molecular formula is C11H14N4O. The van der Waals surface area contributed by atoms with Gasteiger partial charge in [0.25, 0.3) is 0 Å². The zero-order chi connectivity index (χ0) is 11.7. The number of pyridine rings is 1. The highest BCUT2D eigenvalue weighted by Crippen LogP contribution is 2.27. The fraction of sp³-hybridized carbons (Fsp3) is 0.364. The van der Waals surface area contributed by atoms with Gasteiger partial charge in [-0.05, 0) is 25.5 Å². The topological polar surface area (TPSA) is 69.1 Å². The lowest BCUT2D eigenvalue weighted by molar-refractivity contribution is 0.208. The van der Waals surface area contributed by atoms with Gasteiger partial charge in [0, 0.05) is 24.5 Å². The number of nitrogens with zero attached hydrogens (tertiary/aromatic N) is 2. The second-order valence-corrected chi connectivity index (χ2v) is 3.76. The van der Waals surface area contributed by atoms with E-state index in [1.807, 2.05) is 19.9 Å². The Bertz CT molecular complexity index is 443. The first-order valence-corrected chi connectivity index (χ1v) is 5.21. The summed E-state index contributed by atoms with van der Waals surface area (Å²) >= 11 is 0. The van der Waals surface area contributed by atoms with Gasteiger partial charge in [-0.1, -0.05) is 0 Å². The lowest BCUT2D eigenvalue weighted by Crippen LogP contribution is -2.29. The van der Waals surface area contributed by atoms with Crippen molar-refractivity contribution >= 4 is 11.9 Å². The minimum Gasteiger partial charge on any atom is -0.310 e. The summed E-state index contributed by atoms with van der Waals surface area (Å²) in [4.78, 5) is 17.3. The largest absolute Gasteiger partial charge is 0.323 e. The Morgan fingerprint density at radius 3 is 3.00 bits per heavy atom. The number of carbonyl (C=O) groups is 1. The number of nitrogens with one attached hydrogen (secondary N) is 2. The van der Waals surface area contributed by atoms with E-state index in [-0.39, 0.29) is 17.9 Å². The van der Waals surface area contributed by atoms with Crippen LogP contribution < -0.4 is 5.32 Å². The summed E-state index contributed by atoms with van der Waals surface area (Å²) < 4.78 is 0. The van der Waals surface area contributed by atoms with Crippen LogP contribution >= 0.6 is 0 Å². The summed E-state index contributed by atoms with van der Waals surface area (Å²) in [6.07, 6.45) is 3.43. The number of hydrogen-bond acceptors (Lipinski definition) is 3. The molecule has 1 unspecified atom stereocenters. The van der Waals surface area contributed by atoms with Gasteiger partial charge in [0.2, 0.25) is 0 Å². The van der Waals surface area contributed by atoms with E-state index >= 15 is 0 Å². The highest BCUT2D eigenvalue weighted by atomic mass is 16.2. The van der Waals surface area contributed by atoms with Gasteiger partial charge < -0.3 is 4.90 Å². The van der Waals surface area contributed by atoms with Crippen molar-refractivity contribution in [2.45, 2.75) is 19.9 Å². The molecule has 1 atom stereocenters. The third-order valence-corrected chi connectivity index (χ3v) is 2.80. The van der Waals surface area contributed by atoms with Crippen molar-refractivity contribution in [3.8, 4) is 0 Å². The van der Waals surface area contributed by atoms with Gasteiger partial charge in [0.05, 0.1) is 0 Å². The van der Waals surface area contributed by atoms with Crippen LogP contribution in [0.2, 0.25) is 0 Å². The Morgan fingerprint density at radius 2 is 2.38 bits per heavy atom. The van der Waals surface area contributed by atoms with E-state index in [0.717, 1.165) is 11.1 Å². The Kier molecular flexibility index (Phi) is 2.60. The molecule has 1 aromatic heterocycles. The van der Waals surface area contributed by atoms with E-state index < -0.39 is 0 Å². The highest BCUT2D eigenvalue weighted by Gasteiger charge is 2.36. The lowest BCUT2D eigenvalue weighted by atomic mass is 10.0. The Balaban J connectivity index is 2.43. The predicted octanol–water partition coefficient (Wildman–Crippen LogP) is 1.45. The minimum atomic E-state index is -0.314. The van der Waals surface area contributed by atoms with Crippen molar-refractivity contribution < 1.29 is 4.79 Å². The smallest absolute Gasteiger partial charge is 0.310 e. The van der Waals surface area contributed by atoms with Crippen LogP contribution in [-0.2, 0) is 0 Å². The maximum atomic E-state index is 11.6. The van der Waals surface area contributed by atoms with Crippen molar-refractivity contribution in [3.05, 3.63) is 29.6 Å². The average molecular weight is 218 g/mol. The molecule has 1 fully saturated rings. The summed E-state index contributed by atoms with van der Waals surface area (Å²) in [5, 5.41) is 10.3. The predicted molar refractivity (Wildman–Crippen MR) is 60.4 cm³/mol. The number of amidine groups is 1. The Morgan fingerprint density at radius 1 is 1.62 bits per heavy atom. The van der Waals surface area contributed by atoms with Gasteiger partial charge in [-0.25, -0.2) is 4.79 Å². The third-order valence-electron chi connectivity index (χ3n) is 2.80. The molecule has 16 heavy (non-hydrogen) atoms. The van der Waals surface area contributed by atoms with Crippen molar-refractivity contribution in [2.75, 3.05) is 6.54 Å². The molecule has 0 bridgehead atoms. The molecule has 0 radical (unpaired) electrons. The van der Waals surface area contributed by atoms with Gasteiger partial charge in [-0.15, -0.1) is 0 Å². The summed E-state index contributed by atoms with van der Waals surface area (Å²) in [5.41, 5.74) is 1.95. The van der Waals surface area contributed by atoms with Gasteiger partial charge in [-0.2, -0.15) is 0 Å². The van der Waals surface area contributed by atoms with E-state index in [1.54, 1.807) is 17.3 Å². The van der Waals surface area contributed by atoms with E-state index in [0.29, 0.717) is 6.54 Å². The Hall–Kier alpha value is -1.91. The van der Waals surface area contributed by atoms with Crippen LogP contribution in [0.5, 0.6) is 0 Å². The maximum Gasteiger partial charge on any atom is 0.323 e. The molecule has 0 aliphatic carbocycles. The molecule has 2 heterocycles. The number of aryl methyl sites for hydroxylation is 1. The maximum absolute atomic E-state index is 11.6. The molecule has 0 spiro atoms. The number of urea groups is 1. The summed E-state index contributed by atoms with van der Waals surface area (Å²) in [6, 6.07) is 1.37. The van der Waals surface area contributed by atoms with Crippen LogP contribution in [0.25, 0.3) is 0 Å². The summed E-state index contributed by atoms with van der Waals surface area (Å²) in [5.74, 6) is 0.225. The molecule has 2 rings (SSSR count). The molecule has 5 heteroatoms. The van der Waals surface area contributed by atoms with Gasteiger partial charge in [0.15, 0.2) is 0 Å². The van der Waals surface area contributed by atoms with Crippen LogP contribution in [0.3, 0.4) is 0 Å². The molecule has 1 saturated heterocycles. The highest BCUT2D eigenvalue weighted by molar-refractivity contribution is 6.06. The first-order valence-electron chi connectivity index (χ1n) is 5.21. The van der Waals surface area contributed by atoms with Crippen molar-refractivity contribution in [2.24, 2.45) is 0 Å². The summed E-state index contributed by atoms with van der Waals surface area (Å²) in [6.45, 7) is 4.44. The lowest BCUT2D eigenvalue weighted by Gasteiger charge is -2.22. The number of likely N-dealkylation sites (N-methyl/N-ethyl adjacent to an activating group) is 1. The average Bonchev–Trinajstić information content (AvgIpc) is 2.54. The fourth-order valence-electron chi connectivity index (χ4n) is 1.94. The van der Waals surface area contributed by atoms with E-state index in [1.165, 1.54) is 0 Å². The number of hydrogen-bond donors (Lipinski definition) is 2. The van der Waals surface area contributed by atoms with Crippen molar-refractivity contribution in [3.63, 3.8) is 0 Å². The molecule has 2 amide bonds.